The fourth-order valence-electron chi connectivity index (χ4n) is 2.96. The van der Waals surface area contributed by atoms with E-state index in [1.807, 2.05) is 12.1 Å². The van der Waals surface area contributed by atoms with Crippen molar-refractivity contribution >= 4 is 29.8 Å². The highest BCUT2D eigenvalue weighted by Gasteiger charge is 2.43. The van der Waals surface area contributed by atoms with Crippen LogP contribution in [0, 0.1) is 0 Å². The Balaban J connectivity index is 1.40. The molecule has 154 valence electrons. The zero-order valence-corrected chi connectivity index (χ0v) is 16.4. The first-order chi connectivity index (χ1) is 14.6. The van der Waals surface area contributed by atoms with E-state index in [1.165, 1.54) is 6.08 Å². The molecule has 1 N–H and O–H groups in total. The largest absolute Gasteiger partial charge is 0.353 e. The number of carbonyl (C=O) groups excluding carboxylic acids is 4. The van der Waals surface area contributed by atoms with E-state index < -0.39 is 17.8 Å². The van der Waals surface area contributed by atoms with Crippen molar-refractivity contribution in [2.24, 2.45) is 0 Å². The van der Waals surface area contributed by atoms with Gasteiger partial charge in [0.1, 0.15) is 0 Å². The molecule has 0 bridgehead atoms. The van der Waals surface area contributed by atoms with Crippen molar-refractivity contribution in [3.63, 3.8) is 0 Å². The molecule has 0 atom stereocenters. The lowest BCUT2D eigenvalue weighted by Crippen LogP contribution is -2.34. The molecule has 3 rings (SSSR count). The van der Waals surface area contributed by atoms with Crippen LogP contribution >= 0.6 is 0 Å². The van der Waals surface area contributed by atoms with Crippen LogP contribution in [0.3, 0.4) is 0 Å². The highest BCUT2D eigenvalue weighted by Crippen LogP contribution is 2.16. The number of benzene rings is 1. The summed E-state index contributed by atoms with van der Waals surface area (Å²) < 4.78 is 0. The summed E-state index contributed by atoms with van der Waals surface area (Å²) in [7, 11) is 0. The Hall–Kier alpha value is -3.81. The zero-order valence-electron chi connectivity index (χ0n) is 16.4. The maximum Gasteiger partial charge on any atom is 0.334 e. The van der Waals surface area contributed by atoms with Gasteiger partial charge < -0.3 is 5.32 Å². The Kier molecular flexibility index (Phi) is 7.05. The van der Waals surface area contributed by atoms with Gasteiger partial charge in [0.2, 0.25) is 5.91 Å². The van der Waals surface area contributed by atoms with Crippen molar-refractivity contribution in [1.29, 1.82) is 0 Å². The van der Waals surface area contributed by atoms with Gasteiger partial charge in [-0.3, -0.25) is 29.2 Å². The number of unbranched alkanes of at least 4 members (excludes halogenated alkanes) is 1. The molecule has 5 amide bonds. The van der Waals surface area contributed by atoms with Crippen LogP contribution in [0.15, 0.2) is 60.9 Å². The van der Waals surface area contributed by atoms with E-state index in [-0.39, 0.29) is 19.0 Å². The van der Waals surface area contributed by atoms with Crippen LogP contribution < -0.4 is 5.32 Å². The van der Waals surface area contributed by atoms with Gasteiger partial charge in [0.25, 0.3) is 0 Å². The third-order valence-corrected chi connectivity index (χ3v) is 4.54. The second-order valence-corrected chi connectivity index (χ2v) is 6.73. The van der Waals surface area contributed by atoms with Gasteiger partial charge in [0.05, 0.1) is 6.54 Å². The molecule has 1 saturated heterocycles. The predicted molar refractivity (Wildman–Crippen MR) is 110 cm³/mol. The molecule has 0 spiro atoms. The van der Waals surface area contributed by atoms with Gasteiger partial charge in [-0.25, -0.2) is 4.79 Å². The van der Waals surface area contributed by atoms with Gasteiger partial charge in [-0.15, -0.1) is 0 Å². The Morgan fingerprint density at radius 1 is 0.967 bits per heavy atom. The molecule has 0 aliphatic carbocycles. The van der Waals surface area contributed by atoms with Crippen LogP contribution in [0.2, 0.25) is 0 Å². The summed E-state index contributed by atoms with van der Waals surface area (Å²) in [5.74, 6) is -1.85. The predicted octanol–water partition coefficient (Wildman–Crippen LogP) is 1.98. The third-order valence-electron chi connectivity index (χ3n) is 4.54. The van der Waals surface area contributed by atoms with Crippen molar-refractivity contribution < 1.29 is 19.2 Å². The van der Waals surface area contributed by atoms with Gasteiger partial charge in [0.15, 0.2) is 0 Å². The van der Waals surface area contributed by atoms with Crippen molar-refractivity contribution in [2.45, 2.75) is 19.4 Å². The summed E-state index contributed by atoms with van der Waals surface area (Å²) in [4.78, 5) is 54.4. The number of pyridine rings is 1. The lowest BCUT2D eigenvalue weighted by molar-refractivity contribution is -0.143. The summed E-state index contributed by atoms with van der Waals surface area (Å²) in [6, 6.07) is 12.0. The smallest absolute Gasteiger partial charge is 0.334 e. The third kappa shape index (κ3) is 5.38. The minimum absolute atomic E-state index is 0.0695. The number of rotatable bonds is 9. The molecule has 0 saturated carbocycles. The van der Waals surface area contributed by atoms with E-state index in [1.54, 1.807) is 48.8 Å². The van der Waals surface area contributed by atoms with E-state index in [4.69, 9.17) is 0 Å². The molecule has 1 aromatic heterocycles. The Labute approximate surface area is 174 Å². The second kappa shape index (κ2) is 10.1. The summed E-state index contributed by atoms with van der Waals surface area (Å²) in [6.07, 6.45) is 7.44. The molecule has 1 aromatic carbocycles. The molecule has 2 aromatic rings. The summed E-state index contributed by atoms with van der Waals surface area (Å²) in [5, 5.41) is 2.74. The number of hydrogen-bond acceptors (Lipinski definition) is 5. The standard InChI is InChI=1S/C22H22N4O4/c27-19(11-10-17-9-6-12-23-15-17)24-13-4-5-14-25-20(28)21(29)26(22(25)30)16-18-7-2-1-3-8-18/h1-3,6-12,15H,4-5,13-14,16H2,(H,24,27). The van der Waals surface area contributed by atoms with Crippen LogP contribution in [-0.4, -0.2) is 51.6 Å². The van der Waals surface area contributed by atoms with E-state index >= 15 is 0 Å². The average Bonchev–Trinajstić information content (AvgIpc) is 2.97. The quantitative estimate of drug-likeness (QED) is 0.297. The number of hydrogen-bond donors (Lipinski definition) is 1. The van der Waals surface area contributed by atoms with Gasteiger partial charge in [-0.05, 0) is 36.1 Å². The first kappa shape index (κ1) is 20.9. The van der Waals surface area contributed by atoms with E-state index in [0.717, 1.165) is 20.9 Å². The SMILES string of the molecule is O=C(C=Cc1cccnc1)NCCCCN1C(=O)C(=O)N(Cc2ccccc2)C1=O. The normalized spacial score (nSPS) is 14.1. The Bertz CT molecular complexity index is 944. The maximum atomic E-state index is 12.4. The number of amides is 5. The minimum Gasteiger partial charge on any atom is -0.353 e. The number of nitrogens with one attached hydrogen (secondary N) is 1. The van der Waals surface area contributed by atoms with Crippen molar-refractivity contribution in [3.8, 4) is 0 Å². The molecular weight excluding hydrogens is 384 g/mol. The van der Waals surface area contributed by atoms with E-state index in [0.29, 0.717) is 19.4 Å². The van der Waals surface area contributed by atoms with Crippen LogP contribution in [0.25, 0.3) is 6.08 Å². The Morgan fingerprint density at radius 3 is 2.47 bits per heavy atom. The highest BCUT2D eigenvalue weighted by atomic mass is 16.2. The van der Waals surface area contributed by atoms with Gasteiger partial charge in [0, 0.05) is 31.6 Å². The fourth-order valence-corrected chi connectivity index (χ4v) is 2.96. The second-order valence-electron chi connectivity index (χ2n) is 6.73. The molecule has 0 radical (unpaired) electrons. The molecule has 1 fully saturated rings. The van der Waals surface area contributed by atoms with Crippen LogP contribution in [0.1, 0.15) is 24.0 Å². The first-order valence-electron chi connectivity index (χ1n) is 9.63. The number of imide groups is 2. The van der Waals surface area contributed by atoms with Crippen molar-refractivity contribution in [3.05, 3.63) is 72.1 Å². The number of urea groups is 1. The topological polar surface area (TPSA) is 99.7 Å². The molecular formula is C22H22N4O4. The maximum absolute atomic E-state index is 12.4. The molecule has 1 aliphatic rings. The minimum atomic E-state index is -0.808. The zero-order chi connectivity index (χ0) is 21.3. The van der Waals surface area contributed by atoms with E-state index in [9.17, 15) is 19.2 Å². The van der Waals surface area contributed by atoms with Crippen molar-refractivity contribution in [2.75, 3.05) is 13.1 Å². The van der Waals surface area contributed by atoms with Gasteiger partial charge >= 0.3 is 17.8 Å². The molecule has 0 unspecified atom stereocenters. The molecule has 1 aliphatic heterocycles. The molecule has 8 nitrogen and oxygen atoms in total. The van der Waals surface area contributed by atoms with Crippen LogP contribution in [0.4, 0.5) is 4.79 Å². The van der Waals surface area contributed by atoms with Gasteiger partial charge in [-0.1, -0.05) is 36.4 Å². The van der Waals surface area contributed by atoms with Crippen molar-refractivity contribution in [1.82, 2.24) is 20.1 Å². The summed E-state index contributed by atoms with van der Waals surface area (Å²) >= 11 is 0. The number of nitrogens with zero attached hydrogens (tertiary/aromatic N) is 3. The average molecular weight is 406 g/mol. The highest BCUT2D eigenvalue weighted by molar-refractivity contribution is 6.44. The van der Waals surface area contributed by atoms with Crippen LogP contribution in [0.5, 0.6) is 0 Å². The van der Waals surface area contributed by atoms with Crippen LogP contribution in [-0.2, 0) is 20.9 Å². The van der Waals surface area contributed by atoms with E-state index in [2.05, 4.69) is 10.3 Å². The lowest BCUT2D eigenvalue weighted by Gasteiger charge is -2.15. The Morgan fingerprint density at radius 2 is 1.73 bits per heavy atom. The lowest BCUT2D eigenvalue weighted by atomic mass is 10.2. The summed E-state index contributed by atoms with van der Waals surface area (Å²) in [6.45, 7) is 0.601. The molecule has 2 heterocycles. The number of carbonyl (C=O) groups is 4. The molecule has 8 heteroatoms. The number of aromatic nitrogens is 1. The monoisotopic (exact) mass is 406 g/mol. The first-order valence-corrected chi connectivity index (χ1v) is 9.63. The van der Waals surface area contributed by atoms with Gasteiger partial charge in [-0.2, -0.15) is 0 Å². The fraction of sp³-hybridized carbons (Fsp3) is 0.227. The molecule has 30 heavy (non-hydrogen) atoms. The summed E-state index contributed by atoms with van der Waals surface area (Å²) in [5.41, 5.74) is 1.60.